The van der Waals surface area contributed by atoms with E-state index in [0.29, 0.717) is 6.42 Å². The predicted octanol–water partition coefficient (Wildman–Crippen LogP) is 5.25. The lowest BCUT2D eigenvalue weighted by Crippen LogP contribution is -2.12. The van der Waals surface area contributed by atoms with Crippen LogP contribution in [0, 0.1) is 0 Å². The number of anilines is 1. The number of carboxylic acid groups (broad SMARTS) is 1. The fraction of sp³-hybridized carbons (Fsp3) is 0.500. The lowest BCUT2D eigenvalue weighted by Gasteiger charge is -2.09. The third-order valence-electron chi connectivity index (χ3n) is 3.86. The average molecular weight is 331 g/mol. The van der Waals surface area contributed by atoms with E-state index in [1.54, 1.807) is 0 Å². The van der Waals surface area contributed by atoms with Crippen molar-refractivity contribution in [3.63, 3.8) is 0 Å². The quantitative estimate of drug-likeness (QED) is 0.544. The molecular weight excluding hydrogens is 302 g/mol. The lowest BCUT2D eigenvalue weighted by atomic mass is 10.0. The van der Waals surface area contributed by atoms with Gasteiger partial charge < -0.3 is 10.4 Å². The highest BCUT2D eigenvalue weighted by molar-refractivity contribution is 5.93. The number of nitrogens with one attached hydrogen (secondary N) is 1. The number of carbonyl (C=O) groups excluding carboxylic acids is 1. The molecule has 0 heterocycles. The maximum Gasteiger partial charge on any atom is 0.303 e. The highest BCUT2D eigenvalue weighted by atomic mass is 16.4. The molecule has 1 rings (SSSR count). The summed E-state index contributed by atoms with van der Waals surface area (Å²) in [6.45, 7) is 4.33. The van der Waals surface area contributed by atoms with Crippen molar-refractivity contribution >= 4 is 23.6 Å². The molecule has 0 aliphatic carbocycles. The molecule has 0 saturated carbocycles. The van der Waals surface area contributed by atoms with Crippen molar-refractivity contribution in [2.45, 2.75) is 65.2 Å². The van der Waals surface area contributed by atoms with Crippen molar-refractivity contribution < 1.29 is 14.7 Å². The second kappa shape index (κ2) is 11.4. The molecule has 1 amide bonds. The van der Waals surface area contributed by atoms with Gasteiger partial charge in [0.15, 0.2) is 0 Å². The summed E-state index contributed by atoms with van der Waals surface area (Å²) in [4.78, 5) is 22.5. The van der Waals surface area contributed by atoms with E-state index in [-0.39, 0.29) is 18.7 Å². The molecule has 2 N–H and O–H groups in total. The molecular formula is C20H29NO3. The summed E-state index contributed by atoms with van der Waals surface area (Å²) in [7, 11) is 0. The van der Waals surface area contributed by atoms with Crippen LogP contribution in [0.3, 0.4) is 0 Å². The summed E-state index contributed by atoms with van der Waals surface area (Å²) >= 11 is 0. The smallest absolute Gasteiger partial charge is 0.303 e. The maximum absolute atomic E-state index is 12.0. The first-order valence-corrected chi connectivity index (χ1v) is 8.80. The Morgan fingerprint density at radius 2 is 1.79 bits per heavy atom. The second-order valence-electron chi connectivity index (χ2n) is 6.18. The molecule has 0 radical (unpaired) electrons. The molecule has 0 aliphatic heterocycles. The third kappa shape index (κ3) is 8.51. The van der Waals surface area contributed by atoms with Crippen LogP contribution in [0.2, 0.25) is 0 Å². The average Bonchev–Trinajstić information content (AvgIpc) is 2.53. The van der Waals surface area contributed by atoms with Gasteiger partial charge in [-0.05, 0) is 37.8 Å². The number of carboxylic acids is 1. The predicted molar refractivity (Wildman–Crippen MR) is 99.0 cm³/mol. The summed E-state index contributed by atoms with van der Waals surface area (Å²) in [5, 5.41) is 11.5. The second-order valence-corrected chi connectivity index (χ2v) is 6.18. The van der Waals surface area contributed by atoms with Gasteiger partial charge in [-0.3, -0.25) is 9.59 Å². The van der Waals surface area contributed by atoms with Crippen molar-refractivity contribution in [2.75, 3.05) is 5.32 Å². The maximum atomic E-state index is 12.0. The van der Waals surface area contributed by atoms with Crippen molar-refractivity contribution in [1.82, 2.24) is 0 Å². The van der Waals surface area contributed by atoms with E-state index in [9.17, 15) is 9.59 Å². The largest absolute Gasteiger partial charge is 0.481 e. The molecule has 4 heteroatoms. The molecule has 1 aromatic carbocycles. The first-order chi connectivity index (χ1) is 11.5. The Kier molecular flexibility index (Phi) is 9.51. The number of unbranched alkanes of at least 4 members (excludes halogenated alkanes) is 3. The van der Waals surface area contributed by atoms with Gasteiger partial charge in [0.25, 0.3) is 0 Å². The Hall–Kier alpha value is -2.10. The number of amides is 1. The van der Waals surface area contributed by atoms with E-state index in [2.05, 4.69) is 25.2 Å². The Morgan fingerprint density at radius 3 is 2.50 bits per heavy atom. The monoisotopic (exact) mass is 331 g/mol. The molecule has 132 valence electrons. The van der Waals surface area contributed by atoms with Crippen molar-refractivity contribution in [2.24, 2.45) is 0 Å². The minimum Gasteiger partial charge on any atom is -0.481 e. The Bertz CT molecular complexity index is 564. The lowest BCUT2D eigenvalue weighted by molar-refractivity contribution is -0.137. The number of aliphatic carboxylic acids is 1. The molecule has 0 bridgehead atoms. The van der Waals surface area contributed by atoms with E-state index >= 15 is 0 Å². The molecule has 0 fully saturated rings. The van der Waals surface area contributed by atoms with Gasteiger partial charge in [0.05, 0.1) is 0 Å². The van der Waals surface area contributed by atoms with Crippen LogP contribution in [-0.4, -0.2) is 17.0 Å². The van der Waals surface area contributed by atoms with Crippen molar-refractivity contribution in [3.8, 4) is 0 Å². The van der Waals surface area contributed by atoms with Gasteiger partial charge in [-0.25, -0.2) is 0 Å². The molecule has 0 unspecified atom stereocenters. The van der Waals surface area contributed by atoms with Crippen molar-refractivity contribution in [3.05, 3.63) is 35.4 Å². The molecule has 1 aromatic rings. The zero-order chi connectivity index (χ0) is 17.8. The van der Waals surface area contributed by atoms with Crippen LogP contribution < -0.4 is 5.32 Å². The van der Waals surface area contributed by atoms with Crippen molar-refractivity contribution in [1.29, 1.82) is 0 Å². The standard InChI is InChI=1S/C20H29NO3/c1-3-4-5-6-10-16(2)15-17-11-7-8-12-18(17)21-19(22)13-9-14-20(23)24/h7-8,11-12,15H,3-6,9-10,13-14H2,1-2H3,(H,21,22)(H,23,24)/b16-15+. The van der Waals surface area contributed by atoms with E-state index in [0.717, 1.165) is 17.7 Å². The fourth-order valence-corrected chi connectivity index (χ4v) is 2.52. The molecule has 4 nitrogen and oxygen atoms in total. The van der Waals surface area contributed by atoms with Crippen LogP contribution in [0.1, 0.15) is 70.8 Å². The summed E-state index contributed by atoms with van der Waals surface area (Å²) in [5.74, 6) is -1.01. The van der Waals surface area contributed by atoms with Gasteiger partial charge in [0.2, 0.25) is 5.91 Å². The highest BCUT2D eigenvalue weighted by Gasteiger charge is 2.07. The molecule has 0 saturated heterocycles. The molecule has 0 aliphatic rings. The van der Waals surface area contributed by atoms with Crippen LogP contribution in [-0.2, 0) is 9.59 Å². The molecule has 24 heavy (non-hydrogen) atoms. The summed E-state index contributed by atoms with van der Waals surface area (Å²) in [6, 6.07) is 7.71. The third-order valence-corrected chi connectivity index (χ3v) is 3.86. The number of carbonyl (C=O) groups is 2. The Balaban J connectivity index is 2.60. The van der Waals surface area contributed by atoms with Gasteiger partial charge in [-0.15, -0.1) is 0 Å². The number of hydrogen-bond donors (Lipinski definition) is 2. The minimum absolute atomic E-state index is 0.0197. The van der Waals surface area contributed by atoms with Crippen LogP contribution in [0.25, 0.3) is 6.08 Å². The minimum atomic E-state index is -0.871. The zero-order valence-electron chi connectivity index (χ0n) is 14.8. The SMILES string of the molecule is CCCCCC/C(C)=C/c1ccccc1NC(=O)CCCC(=O)O. The fourth-order valence-electron chi connectivity index (χ4n) is 2.52. The number of para-hydroxylation sites is 1. The van der Waals surface area contributed by atoms with Gasteiger partial charge in [0.1, 0.15) is 0 Å². The van der Waals surface area contributed by atoms with Gasteiger partial charge in [-0.1, -0.05) is 56.0 Å². The van der Waals surface area contributed by atoms with E-state index < -0.39 is 5.97 Å². The van der Waals surface area contributed by atoms with Crippen LogP contribution in [0.5, 0.6) is 0 Å². The summed E-state index contributed by atoms with van der Waals surface area (Å²) in [5.41, 5.74) is 3.08. The van der Waals surface area contributed by atoms with Gasteiger partial charge >= 0.3 is 5.97 Å². The number of allylic oxidation sites excluding steroid dienone is 1. The topological polar surface area (TPSA) is 66.4 Å². The first kappa shape index (κ1) is 19.9. The summed E-state index contributed by atoms with van der Waals surface area (Å²) in [6.07, 6.45) is 8.75. The Labute approximate surface area is 145 Å². The molecule has 0 atom stereocenters. The molecule has 0 spiro atoms. The van der Waals surface area contributed by atoms with Crippen LogP contribution in [0.15, 0.2) is 29.8 Å². The van der Waals surface area contributed by atoms with E-state index in [1.807, 2.05) is 24.3 Å². The van der Waals surface area contributed by atoms with Crippen LogP contribution in [0.4, 0.5) is 5.69 Å². The molecule has 0 aromatic heterocycles. The first-order valence-electron chi connectivity index (χ1n) is 8.80. The van der Waals surface area contributed by atoms with Gasteiger partial charge in [-0.2, -0.15) is 0 Å². The van der Waals surface area contributed by atoms with Crippen LogP contribution >= 0.6 is 0 Å². The van der Waals surface area contributed by atoms with E-state index in [4.69, 9.17) is 5.11 Å². The number of benzene rings is 1. The normalized spacial score (nSPS) is 11.3. The van der Waals surface area contributed by atoms with E-state index in [1.165, 1.54) is 31.3 Å². The number of hydrogen-bond acceptors (Lipinski definition) is 2. The summed E-state index contributed by atoms with van der Waals surface area (Å²) < 4.78 is 0. The highest BCUT2D eigenvalue weighted by Crippen LogP contribution is 2.21. The number of rotatable bonds is 11. The Morgan fingerprint density at radius 1 is 1.04 bits per heavy atom. The van der Waals surface area contributed by atoms with Gasteiger partial charge in [0, 0.05) is 18.5 Å². The zero-order valence-corrected chi connectivity index (χ0v) is 14.8.